The van der Waals surface area contributed by atoms with E-state index in [0.717, 1.165) is 37.3 Å². The van der Waals surface area contributed by atoms with Crippen molar-refractivity contribution < 1.29 is 4.74 Å². The van der Waals surface area contributed by atoms with E-state index in [1.54, 1.807) is 10.8 Å². The Hall–Kier alpha value is -1.69. The molecular formula is C13H19N5O. The van der Waals surface area contributed by atoms with Crippen LogP contribution < -0.4 is 5.32 Å². The fourth-order valence-corrected chi connectivity index (χ4v) is 2.31. The van der Waals surface area contributed by atoms with Crippen molar-refractivity contribution in [1.29, 1.82) is 0 Å². The van der Waals surface area contributed by atoms with E-state index in [0.29, 0.717) is 17.9 Å². The zero-order chi connectivity index (χ0) is 13.2. The molecule has 0 saturated carbocycles. The van der Waals surface area contributed by atoms with Gasteiger partial charge in [-0.3, -0.25) is 0 Å². The molecule has 1 aliphatic heterocycles. The summed E-state index contributed by atoms with van der Waals surface area (Å²) in [7, 11) is 0. The standard InChI is InChI=1S/C13H19N5O/c1-9(2)11-7-15-18-8-14-13(17-12(11)18)16-10-3-5-19-6-4-10/h7-10H,3-6H2,1-2H3,(H,16,17). The van der Waals surface area contributed by atoms with Gasteiger partial charge in [0.15, 0.2) is 5.65 Å². The lowest BCUT2D eigenvalue weighted by Gasteiger charge is -2.22. The van der Waals surface area contributed by atoms with Crippen molar-refractivity contribution in [2.75, 3.05) is 18.5 Å². The number of aromatic nitrogens is 4. The van der Waals surface area contributed by atoms with Gasteiger partial charge in [-0.15, -0.1) is 0 Å². The van der Waals surface area contributed by atoms with Crippen LogP contribution in [0.4, 0.5) is 5.95 Å². The second kappa shape index (κ2) is 5.13. The van der Waals surface area contributed by atoms with Crippen LogP contribution in [0.2, 0.25) is 0 Å². The monoisotopic (exact) mass is 261 g/mol. The molecule has 19 heavy (non-hydrogen) atoms. The summed E-state index contributed by atoms with van der Waals surface area (Å²) in [5, 5.41) is 7.66. The lowest BCUT2D eigenvalue weighted by atomic mass is 10.1. The Bertz CT molecular complexity index is 559. The van der Waals surface area contributed by atoms with Gasteiger partial charge in [-0.1, -0.05) is 13.8 Å². The quantitative estimate of drug-likeness (QED) is 0.913. The van der Waals surface area contributed by atoms with Crippen LogP contribution in [0.1, 0.15) is 38.2 Å². The van der Waals surface area contributed by atoms with E-state index in [-0.39, 0.29) is 0 Å². The number of anilines is 1. The van der Waals surface area contributed by atoms with Crippen molar-refractivity contribution in [2.45, 2.75) is 38.6 Å². The van der Waals surface area contributed by atoms with Crippen LogP contribution in [0.5, 0.6) is 0 Å². The van der Waals surface area contributed by atoms with E-state index in [4.69, 9.17) is 4.74 Å². The molecule has 0 aliphatic carbocycles. The largest absolute Gasteiger partial charge is 0.381 e. The van der Waals surface area contributed by atoms with Gasteiger partial charge >= 0.3 is 0 Å². The first-order valence-electron chi connectivity index (χ1n) is 6.78. The lowest BCUT2D eigenvalue weighted by Crippen LogP contribution is -2.28. The second-order valence-electron chi connectivity index (χ2n) is 5.23. The van der Waals surface area contributed by atoms with E-state index < -0.39 is 0 Å². The molecule has 0 unspecified atom stereocenters. The van der Waals surface area contributed by atoms with Crippen molar-refractivity contribution in [3.05, 3.63) is 18.1 Å². The van der Waals surface area contributed by atoms with E-state index >= 15 is 0 Å². The predicted molar refractivity (Wildman–Crippen MR) is 72.3 cm³/mol. The van der Waals surface area contributed by atoms with Gasteiger partial charge in [0.05, 0.1) is 6.20 Å². The molecule has 102 valence electrons. The summed E-state index contributed by atoms with van der Waals surface area (Å²) in [6, 6.07) is 0.404. The van der Waals surface area contributed by atoms with Crippen LogP contribution in [-0.2, 0) is 4.74 Å². The van der Waals surface area contributed by atoms with Gasteiger partial charge in [-0.25, -0.2) is 9.50 Å². The molecular weight excluding hydrogens is 242 g/mol. The Morgan fingerprint density at radius 3 is 2.89 bits per heavy atom. The van der Waals surface area contributed by atoms with Crippen LogP contribution >= 0.6 is 0 Å². The molecule has 6 heteroatoms. The maximum Gasteiger partial charge on any atom is 0.226 e. The molecule has 0 aromatic carbocycles. The van der Waals surface area contributed by atoms with Crippen LogP contribution in [-0.4, -0.2) is 38.8 Å². The van der Waals surface area contributed by atoms with Crippen molar-refractivity contribution in [3.8, 4) is 0 Å². The minimum atomic E-state index is 0.404. The molecule has 0 atom stereocenters. The van der Waals surface area contributed by atoms with Crippen molar-refractivity contribution in [3.63, 3.8) is 0 Å². The van der Waals surface area contributed by atoms with Gasteiger partial charge in [0, 0.05) is 24.8 Å². The summed E-state index contributed by atoms with van der Waals surface area (Å²) >= 11 is 0. The van der Waals surface area contributed by atoms with Crippen molar-refractivity contribution >= 4 is 11.6 Å². The van der Waals surface area contributed by atoms with E-state index in [2.05, 4.69) is 34.2 Å². The van der Waals surface area contributed by atoms with Crippen LogP contribution in [0, 0.1) is 0 Å². The minimum absolute atomic E-state index is 0.404. The number of hydrogen-bond acceptors (Lipinski definition) is 5. The molecule has 1 saturated heterocycles. The van der Waals surface area contributed by atoms with Gasteiger partial charge in [0.25, 0.3) is 0 Å². The van der Waals surface area contributed by atoms with E-state index in [1.807, 2.05) is 6.20 Å². The molecule has 2 aromatic heterocycles. The molecule has 0 bridgehead atoms. The number of nitrogens with zero attached hydrogens (tertiary/aromatic N) is 4. The number of nitrogens with one attached hydrogen (secondary N) is 1. The Balaban J connectivity index is 1.85. The SMILES string of the molecule is CC(C)c1cnn2cnc(NC3CCOCC3)nc12. The van der Waals surface area contributed by atoms with Gasteiger partial charge < -0.3 is 10.1 Å². The summed E-state index contributed by atoms with van der Waals surface area (Å²) < 4.78 is 7.08. The second-order valence-corrected chi connectivity index (χ2v) is 5.23. The Morgan fingerprint density at radius 1 is 1.37 bits per heavy atom. The van der Waals surface area contributed by atoms with Crippen molar-refractivity contribution in [1.82, 2.24) is 19.6 Å². The average molecular weight is 261 g/mol. The highest BCUT2D eigenvalue weighted by Crippen LogP contribution is 2.19. The summed E-state index contributed by atoms with van der Waals surface area (Å²) in [5.74, 6) is 1.09. The highest BCUT2D eigenvalue weighted by atomic mass is 16.5. The first-order chi connectivity index (χ1) is 9.24. The van der Waals surface area contributed by atoms with Gasteiger partial charge in [-0.05, 0) is 18.8 Å². The third kappa shape index (κ3) is 2.53. The molecule has 0 radical (unpaired) electrons. The topological polar surface area (TPSA) is 64.3 Å². The maximum absolute atomic E-state index is 5.35. The van der Waals surface area contributed by atoms with Crippen LogP contribution in [0.25, 0.3) is 5.65 Å². The Morgan fingerprint density at radius 2 is 2.16 bits per heavy atom. The first-order valence-corrected chi connectivity index (χ1v) is 6.78. The minimum Gasteiger partial charge on any atom is -0.381 e. The zero-order valence-corrected chi connectivity index (χ0v) is 11.3. The van der Waals surface area contributed by atoms with Gasteiger partial charge in [0.2, 0.25) is 5.95 Å². The fourth-order valence-electron chi connectivity index (χ4n) is 2.31. The first kappa shape index (κ1) is 12.3. The van der Waals surface area contributed by atoms with Crippen LogP contribution in [0.15, 0.2) is 12.5 Å². The van der Waals surface area contributed by atoms with E-state index in [9.17, 15) is 0 Å². The molecule has 3 heterocycles. The highest BCUT2D eigenvalue weighted by Gasteiger charge is 2.16. The van der Waals surface area contributed by atoms with E-state index in [1.165, 1.54) is 0 Å². The summed E-state index contributed by atoms with van der Waals surface area (Å²) in [4.78, 5) is 8.90. The number of rotatable bonds is 3. The molecule has 1 N–H and O–H groups in total. The number of hydrogen-bond donors (Lipinski definition) is 1. The Kier molecular flexibility index (Phi) is 3.33. The van der Waals surface area contributed by atoms with Gasteiger partial charge in [-0.2, -0.15) is 10.1 Å². The smallest absolute Gasteiger partial charge is 0.226 e. The highest BCUT2D eigenvalue weighted by molar-refractivity contribution is 5.50. The molecule has 3 rings (SSSR count). The molecule has 6 nitrogen and oxygen atoms in total. The zero-order valence-electron chi connectivity index (χ0n) is 11.3. The lowest BCUT2D eigenvalue weighted by molar-refractivity contribution is 0.0903. The average Bonchev–Trinajstić information content (AvgIpc) is 2.83. The normalized spacial score (nSPS) is 17.2. The van der Waals surface area contributed by atoms with Crippen LogP contribution in [0.3, 0.4) is 0 Å². The third-order valence-electron chi connectivity index (χ3n) is 3.47. The number of ether oxygens (including phenoxy) is 1. The molecule has 1 fully saturated rings. The molecule has 2 aromatic rings. The number of fused-ring (bicyclic) bond motifs is 1. The van der Waals surface area contributed by atoms with Gasteiger partial charge in [0.1, 0.15) is 6.33 Å². The molecule has 0 spiro atoms. The molecule has 0 amide bonds. The summed E-state index contributed by atoms with van der Waals surface area (Å²) in [6.07, 6.45) is 5.60. The summed E-state index contributed by atoms with van der Waals surface area (Å²) in [5.41, 5.74) is 2.04. The predicted octanol–water partition coefficient (Wildman–Crippen LogP) is 1.84. The summed E-state index contributed by atoms with van der Waals surface area (Å²) in [6.45, 7) is 5.91. The maximum atomic E-state index is 5.35. The fraction of sp³-hybridized carbons (Fsp3) is 0.615. The molecule has 1 aliphatic rings. The third-order valence-corrected chi connectivity index (χ3v) is 3.47. The van der Waals surface area contributed by atoms with Crippen molar-refractivity contribution in [2.24, 2.45) is 0 Å². The Labute approximate surface area is 112 Å².